The molecule has 0 radical (unpaired) electrons. The smallest absolute Gasteiger partial charge is 0.349 e. The number of carbonyl (C=O) groups excluding carboxylic acids is 2. The number of rotatable bonds is 3. The SMILES string of the molecule is C[C@H](OC(=O)c1cccs1)C(=O)N1c2ccccc2C[C@@H]1C. The van der Waals surface area contributed by atoms with Gasteiger partial charge in [0.25, 0.3) is 5.91 Å². The summed E-state index contributed by atoms with van der Waals surface area (Å²) in [6, 6.07) is 11.4. The molecule has 1 aliphatic rings. The van der Waals surface area contributed by atoms with Gasteiger partial charge in [0.2, 0.25) is 0 Å². The van der Waals surface area contributed by atoms with Crippen molar-refractivity contribution in [3.05, 3.63) is 52.2 Å². The van der Waals surface area contributed by atoms with Crippen molar-refractivity contribution in [1.82, 2.24) is 0 Å². The number of anilines is 1. The molecule has 0 saturated carbocycles. The van der Waals surface area contributed by atoms with Crippen LogP contribution in [0.15, 0.2) is 41.8 Å². The molecule has 0 saturated heterocycles. The molecule has 0 fully saturated rings. The molecule has 1 aromatic carbocycles. The van der Waals surface area contributed by atoms with Crippen LogP contribution in [0.3, 0.4) is 0 Å². The maximum absolute atomic E-state index is 12.7. The fourth-order valence-electron chi connectivity index (χ4n) is 2.76. The number of esters is 1. The van der Waals surface area contributed by atoms with Gasteiger partial charge in [0.1, 0.15) is 4.88 Å². The summed E-state index contributed by atoms with van der Waals surface area (Å²) in [6.07, 6.45) is 0.0243. The minimum absolute atomic E-state index is 0.0767. The zero-order chi connectivity index (χ0) is 15.7. The largest absolute Gasteiger partial charge is 0.448 e. The number of hydrogen-bond acceptors (Lipinski definition) is 4. The van der Waals surface area contributed by atoms with Crippen molar-refractivity contribution in [3.63, 3.8) is 0 Å². The Bertz CT molecular complexity index is 696. The lowest BCUT2D eigenvalue weighted by Crippen LogP contribution is -2.43. The number of fused-ring (bicyclic) bond motifs is 1. The van der Waals surface area contributed by atoms with Gasteiger partial charge < -0.3 is 9.64 Å². The first kappa shape index (κ1) is 14.8. The molecular weight excluding hydrogens is 298 g/mol. The maximum Gasteiger partial charge on any atom is 0.349 e. The van der Waals surface area contributed by atoms with Crippen LogP contribution in [0, 0.1) is 0 Å². The monoisotopic (exact) mass is 315 g/mol. The molecule has 0 aliphatic carbocycles. The van der Waals surface area contributed by atoms with Crippen LogP contribution >= 0.6 is 11.3 Å². The number of hydrogen-bond donors (Lipinski definition) is 0. The molecule has 2 aromatic rings. The molecular formula is C17H17NO3S. The van der Waals surface area contributed by atoms with E-state index in [9.17, 15) is 9.59 Å². The molecule has 114 valence electrons. The lowest BCUT2D eigenvalue weighted by molar-refractivity contribution is -0.126. The molecule has 1 aromatic heterocycles. The highest BCUT2D eigenvalue weighted by Gasteiger charge is 2.34. The minimum Gasteiger partial charge on any atom is -0.448 e. The van der Waals surface area contributed by atoms with Crippen molar-refractivity contribution in [2.24, 2.45) is 0 Å². The summed E-state index contributed by atoms with van der Waals surface area (Å²) < 4.78 is 5.31. The van der Waals surface area contributed by atoms with Gasteiger partial charge in [-0.25, -0.2) is 4.79 Å². The lowest BCUT2D eigenvalue weighted by Gasteiger charge is -2.25. The van der Waals surface area contributed by atoms with Crippen molar-refractivity contribution in [3.8, 4) is 0 Å². The molecule has 0 unspecified atom stereocenters. The number of ether oxygens (including phenoxy) is 1. The van der Waals surface area contributed by atoms with E-state index in [0.29, 0.717) is 4.88 Å². The summed E-state index contributed by atoms with van der Waals surface area (Å²) in [4.78, 5) is 26.9. The fourth-order valence-corrected chi connectivity index (χ4v) is 3.37. The maximum atomic E-state index is 12.7. The Labute approximate surface area is 133 Å². The molecule has 2 atom stereocenters. The molecule has 1 amide bonds. The van der Waals surface area contributed by atoms with Crippen LogP contribution in [-0.4, -0.2) is 24.0 Å². The Balaban J connectivity index is 1.75. The van der Waals surface area contributed by atoms with Gasteiger partial charge >= 0.3 is 5.97 Å². The third-order valence-corrected chi connectivity index (χ3v) is 4.65. The molecule has 5 heteroatoms. The zero-order valence-corrected chi connectivity index (χ0v) is 13.3. The van der Waals surface area contributed by atoms with Gasteiger partial charge in [0, 0.05) is 11.7 Å². The van der Waals surface area contributed by atoms with Crippen LogP contribution in [0.5, 0.6) is 0 Å². The van der Waals surface area contributed by atoms with Crippen molar-refractivity contribution in [2.75, 3.05) is 4.90 Å². The quantitative estimate of drug-likeness (QED) is 0.817. The topological polar surface area (TPSA) is 46.6 Å². The molecule has 4 nitrogen and oxygen atoms in total. The predicted molar refractivity (Wildman–Crippen MR) is 86.3 cm³/mol. The Morgan fingerprint density at radius 3 is 2.77 bits per heavy atom. The Morgan fingerprint density at radius 2 is 2.05 bits per heavy atom. The standard InChI is InChI=1S/C17H17NO3S/c1-11-10-13-6-3-4-7-14(13)18(11)16(19)12(2)21-17(20)15-8-5-9-22-15/h3-9,11-12H,10H2,1-2H3/t11-,12-/m0/s1. The molecule has 0 bridgehead atoms. The normalized spacial score (nSPS) is 17.9. The average Bonchev–Trinajstić information content (AvgIpc) is 3.13. The highest BCUT2D eigenvalue weighted by Crippen LogP contribution is 2.32. The third-order valence-electron chi connectivity index (χ3n) is 3.80. The third kappa shape index (κ3) is 2.64. The van der Waals surface area contributed by atoms with Crippen molar-refractivity contribution in [2.45, 2.75) is 32.4 Å². The second-order valence-electron chi connectivity index (χ2n) is 5.41. The van der Waals surface area contributed by atoms with E-state index in [1.54, 1.807) is 24.0 Å². The number of nitrogens with zero attached hydrogens (tertiary/aromatic N) is 1. The zero-order valence-electron chi connectivity index (χ0n) is 12.5. The van der Waals surface area contributed by atoms with Gasteiger partial charge in [-0.15, -0.1) is 11.3 Å². The second kappa shape index (κ2) is 5.93. The van der Waals surface area contributed by atoms with Crippen molar-refractivity contribution >= 4 is 28.9 Å². The van der Waals surface area contributed by atoms with Gasteiger partial charge in [0.15, 0.2) is 6.10 Å². The molecule has 0 spiro atoms. The summed E-state index contributed by atoms with van der Waals surface area (Å²) >= 11 is 1.31. The van der Waals surface area contributed by atoms with E-state index in [1.807, 2.05) is 36.6 Å². The summed E-state index contributed by atoms with van der Waals surface area (Å²) in [5.41, 5.74) is 2.07. The highest BCUT2D eigenvalue weighted by atomic mass is 32.1. The van der Waals surface area contributed by atoms with E-state index >= 15 is 0 Å². The highest BCUT2D eigenvalue weighted by molar-refractivity contribution is 7.11. The van der Waals surface area contributed by atoms with Gasteiger partial charge in [-0.2, -0.15) is 0 Å². The van der Waals surface area contributed by atoms with Gasteiger partial charge in [-0.3, -0.25) is 4.79 Å². The Kier molecular flexibility index (Phi) is 3.98. The number of para-hydroxylation sites is 1. The van der Waals surface area contributed by atoms with Crippen LogP contribution in [0.2, 0.25) is 0 Å². The van der Waals surface area contributed by atoms with Crippen LogP contribution in [0.4, 0.5) is 5.69 Å². The summed E-state index contributed by atoms with van der Waals surface area (Å²) in [7, 11) is 0. The molecule has 22 heavy (non-hydrogen) atoms. The van der Waals surface area contributed by atoms with E-state index in [0.717, 1.165) is 17.7 Å². The van der Waals surface area contributed by atoms with Crippen molar-refractivity contribution < 1.29 is 14.3 Å². The first-order valence-electron chi connectivity index (χ1n) is 7.23. The van der Waals surface area contributed by atoms with Crippen LogP contribution in [0.25, 0.3) is 0 Å². The Hall–Kier alpha value is -2.14. The first-order valence-corrected chi connectivity index (χ1v) is 8.11. The van der Waals surface area contributed by atoms with E-state index in [-0.39, 0.29) is 11.9 Å². The van der Waals surface area contributed by atoms with Gasteiger partial charge in [-0.05, 0) is 43.3 Å². The van der Waals surface area contributed by atoms with E-state index in [2.05, 4.69) is 0 Å². The first-order chi connectivity index (χ1) is 10.6. The van der Waals surface area contributed by atoms with E-state index < -0.39 is 12.1 Å². The summed E-state index contributed by atoms with van der Waals surface area (Å²) in [5.74, 6) is -0.627. The van der Waals surface area contributed by atoms with E-state index in [1.165, 1.54) is 11.3 Å². The molecule has 2 heterocycles. The Morgan fingerprint density at radius 1 is 1.27 bits per heavy atom. The number of thiophene rings is 1. The van der Waals surface area contributed by atoms with Crippen LogP contribution < -0.4 is 4.90 Å². The molecule has 1 aliphatic heterocycles. The van der Waals surface area contributed by atoms with Crippen molar-refractivity contribution in [1.29, 1.82) is 0 Å². The summed E-state index contributed by atoms with van der Waals surface area (Å²) in [6.45, 7) is 3.63. The number of benzene rings is 1. The van der Waals surface area contributed by atoms with Crippen LogP contribution in [-0.2, 0) is 16.0 Å². The van der Waals surface area contributed by atoms with E-state index in [4.69, 9.17) is 4.74 Å². The average molecular weight is 315 g/mol. The molecule has 3 rings (SSSR count). The fraction of sp³-hybridized carbons (Fsp3) is 0.294. The predicted octanol–water partition coefficient (Wildman–Crippen LogP) is 3.27. The van der Waals surface area contributed by atoms with Crippen LogP contribution in [0.1, 0.15) is 29.1 Å². The molecule has 0 N–H and O–H groups in total. The lowest BCUT2D eigenvalue weighted by atomic mass is 10.1. The van der Waals surface area contributed by atoms with Gasteiger partial charge in [-0.1, -0.05) is 24.3 Å². The van der Waals surface area contributed by atoms with Gasteiger partial charge in [0.05, 0.1) is 0 Å². The number of carbonyl (C=O) groups is 2. The summed E-state index contributed by atoms with van der Waals surface area (Å²) in [5, 5.41) is 1.81. The minimum atomic E-state index is -0.803. The second-order valence-corrected chi connectivity index (χ2v) is 6.36. The number of amides is 1.